The molecule has 0 saturated carbocycles. The lowest BCUT2D eigenvalue weighted by atomic mass is 9.94. The molecule has 0 unspecified atom stereocenters. The summed E-state index contributed by atoms with van der Waals surface area (Å²) in [6.45, 7) is 4.30. The first-order valence-electron chi connectivity index (χ1n) is 8.53. The van der Waals surface area contributed by atoms with Crippen LogP contribution in [0.5, 0.6) is 11.5 Å². The molecule has 0 aliphatic carbocycles. The van der Waals surface area contributed by atoms with Crippen molar-refractivity contribution in [3.63, 3.8) is 0 Å². The molecule has 26 heavy (non-hydrogen) atoms. The van der Waals surface area contributed by atoms with Crippen LogP contribution in [0.3, 0.4) is 0 Å². The molecule has 1 aliphatic heterocycles. The summed E-state index contributed by atoms with van der Waals surface area (Å²) in [6.07, 6.45) is 0. The molecule has 1 aliphatic rings. The first kappa shape index (κ1) is 16.3. The highest BCUT2D eigenvalue weighted by Crippen LogP contribution is 2.37. The Morgan fingerprint density at radius 2 is 1.62 bits per heavy atom. The molecule has 2 amide bonds. The van der Waals surface area contributed by atoms with Gasteiger partial charge in [0, 0.05) is 17.3 Å². The number of imide groups is 1. The van der Waals surface area contributed by atoms with Crippen LogP contribution in [0.25, 0.3) is 10.8 Å². The van der Waals surface area contributed by atoms with E-state index in [1.807, 2.05) is 50.2 Å². The lowest BCUT2D eigenvalue weighted by Gasteiger charge is -2.27. The fourth-order valence-corrected chi connectivity index (χ4v) is 3.25. The minimum absolute atomic E-state index is 0.344. The van der Waals surface area contributed by atoms with Crippen molar-refractivity contribution in [2.75, 3.05) is 6.54 Å². The summed E-state index contributed by atoms with van der Waals surface area (Å²) < 4.78 is 6.09. The summed E-state index contributed by atoms with van der Waals surface area (Å²) in [6, 6.07) is 16.7. The van der Waals surface area contributed by atoms with Crippen molar-refractivity contribution in [1.82, 2.24) is 10.4 Å². The molecule has 1 heterocycles. The number of ether oxygens (including phenoxy) is 1. The highest BCUT2D eigenvalue weighted by molar-refractivity contribution is 6.25. The second kappa shape index (κ2) is 6.28. The standard InChI is InChI=1S/C21H18N2O3/c1-3-22-23-20(24)15-9-6-8-14-18(12-11-16(19(14)15)21(23)25)26-17-10-5-4-7-13(17)2/h4-12,22H,3H2,1-2H3. The first-order valence-corrected chi connectivity index (χ1v) is 8.53. The van der Waals surface area contributed by atoms with Crippen LogP contribution >= 0.6 is 0 Å². The van der Waals surface area contributed by atoms with E-state index in [1.165, 1.54) is 0 Å². The molecule has 3 aromatic carbocycles. The van der Waals surface area contributed by atoms with Crippen LogP contribution in [0.4, 0.5) is 0 Å². The van der Waals surface area contributed by atoms with E-state index < -0.39 is 0 Å². The van der Waals surface area contributed by atoms with E-state index in [2.05, 4.69) is 5.43 Å². The molecule has 4 rings (SSSR count). The zero-order chi connectivity index (χ0) is 18.3. The van der Waals surface area contributed by atoms with Crippen molar-refractivity contribution in [3.05, 3.63) is 71.3 Å². The second-order valence-corrected chi connectivity index (χ2v) is 6.16. The Morgan fingerprint density at radius 1 is 0.885 bits per heavy atom. The minimum Gasteiger partial charge on any atom is -0.456 e. The number of rotatable bonds is 4. The fourth-order valence-electron chi connectivity index (χ4n) is 3.25. The molecule has 5 heteroatoms. The summed E-state index contributed by atoms with van der Waals surface area (Å²) >= 11 is 0. The number of para-hydroxylation sites is 1. The number of hydrazine groups is 1. The molecular weight excluding hydrogens is 328 g/mol. The van der Waals surface area contributed by atoms with Crippen LogP contribution in [-0.4, -0.2) is 23.4 Å². The molecule has 5 nitrogen and oxygen atoms in total. The second-order valence-electron chi connectivity index (χ2n) is 6.16. The Hall–Kier alpha value is -3.18. The van der Waals surface area contributed by atoms with E-state index >= 15 is 0 Å². The Balaban J connectivity index is 1.89. The molecule has 3 aromatic rings. The van der Waals surface area contributed by atoms with Crippen molar-refractivity contribution in [2.24, 2.45) is 0 Å². The van der Waals surface area contributed by atoms with Gasteiger partial charge in [0.2, 0.25) is 0 Å². The normalized spacial score (nSPS) is 13.4. The van der Waals surface area contributed by atoms with Crippen LogP contribution in [0.15, 0.2) is 54.6 Å². The lowest BCUT2D eigenvalue weighted by molar-refractivity contribution is 0.0525. The van der Waals surface area contributed by atoms with E-state index in [0.29, 0.717) is 28.8 Å². The molecule has 130 valence electrons. The number of hydrogen-bond donors (Lipinski definition) is 1. The summed E-state index contributed by atoms with van der Waals surface area (Å²) in [5.41, 5.74) is 4.83. The monoisotopic (exact) mass is 346 g/mol. The quantitative estimate of drug-likeness (QED) is 0.724. The maximum Gasteiger partial charge on any atom is 0.275 e. The van der Waals surface area contributed by atoms with Gasteiger partial charge in [-0.05, 0) is 36.8 Å². The van der Waals surface area contributed by atoms with Crippen molar-refractivity contribution in [1.29, 1.82) is 0 Å². The number of benzene rings is 3. The predicted molar refractivity (Wildman–Crippen MR) is 99.4 cm³/mol. The molecular formula is C21H18N2O3. The highest BCUT2D eigenvalue weighted by Gasteiger charge is 2.33. The van der Waals surface area contributed by atoms with Gasteiger partial charge in [0.05, 0.1) is 11.1 Å². The van der Waals surface area contributed by atoms with Crippen LogP contribution in [-0.2, 0) is 0 Å². The smallest absolute Gasteiger partial charge is 0.275 e. The van der Waals surface area contributed by atoms with Crippen molar-refractivity contribution in [2.45, 2.75) is 13.8 Å². The average Bonchev–Trinajstić information content (AvgIpc) is 2.65. The van der Waals surface area contributed by atoms with E-state index in [9.17, 15) is 9.59 Å². The van der Waals surface area contributed by atoms with Crippen molar-refractivity contribution >= 4 is 22.6 Å². The van der Waals surface area contributed by atoms with Crippen LogP contribution in [0, 0.1) is 6.92 Å². The molecule has 0 spiro atoms. The van der Waals surface area contributed by atoms with E-state index in [4.69, 9.17) is 4.74 Å². The predicted octanol–water partition coefficient (Wildman–Crippen LogP) is 4.06. The van der Waals surface area contributed by atoms with Gasteiger partial charge in [-0.3, -0.25) is 9.59 Å². The van der Waals surface area contributed by atoms with E-state index in [0.717, 1.165) is 21.7 Å². The van der Waals surface area contributed by atoms with Gasteiger partial charge in [-0.25, -0.2) is 10.4 Å². The average molecular weight is 346 g/mol. The number of nitrogens with zero attached hydrogens (tertiary/aromatic N) is 1. The molecule has 0 saturated heterocycles. The number of carbonyl (C=O) groups excluding carboxylic acids is 2. The van der Waals surface area contributed by atoms with Crippen LogP contribution in [0.2, 0.25) is 0 Å². The third-order valence-corrected chi connectivity index (χ3v) is 4.50. The first-order chi connectivity index (χ1) is 12.6. The Labute approximate surface area is 151 Å². The number of hydrogen-bond acceptors (Lipinski definition) is 4. The van der Waals surface area contributed by atoms with Gasteiger partial charge in [0.25, 0.3) is 11.8 Å². The minimum atomic E-state index is -0.344. The topological polar surface area (TPSA) is 58.6 Å². The van der Waals surface area contributed by atoms with Gasteiger partial charge >= 0.3 is 0 Å². The number of aryl methyl sites for hydroxylation is 1. The van der Waals surface area contributed by atoms with Gasteiger partial charge < -0.3 is 4.74 Å². The summed E-state index contributed by atoms with van der Waals surface area (Å²) in [7, 11) is 0. The fraction of sp³-hybridized carbons (Fsp3) is 0.143. The third kappa shape index (κ3) is 2.45. The molecule has 0 aromatic heterocycles. The molecule has 0 radical (unpaired) electrons. The Kier molecular flexibility index (Phi) is 3.93. The summed E-state index contributed by atoms with van der Waals surface area (Å²) in [5, 5.41) is 2.47. The third-order valence-electron chi connectivity index (χ3n) is 4.50. The lowest BCUT2D eigenvalue weighted by Crippen LogP contribution is -2.49. The number of carbonyl (C=O) groups is 2. The molecule has 0 atom stereocenters. The van der Waals surface area contributed by atoms with Crippen LogP contribution in [0.1, 0.15) is 33.2 Å². The molecule has 0 bridgehead atoms. The van der Waals surface area contributed by atoms with Crippen molar-refractivity contribution in [3.8, 4) is 11.5 Å². The van der Waals surface area contributed by atoms with Gasteiger partial charge in [0.15, 0.2) is 0 Å². The number of nitrogens with one attached hydrogen (secondary N) is 1. The number of amides is 2. The zero-order valence-electron chi connectivity index (χ0n) is 14.6. The molecule has 0 fully saturated rings. The van der Waals surface area contributed by atoms with Gasteiger partial charge in [-0.1, -0.05) is 37.3 Å². The van der Waals surface area contributed by atoms with E-state index in [-0.39, 0.29) is 11.8 Å². The maximum atomic E-state index is 12.7. The summed E-state index contributed by atoms with van der Waals surface area (Å²) in [5.74, 6) is 0.680. The van der Waals surface area contributed by atoms with Crippen molar-refractivity contribution < 1.29 is 14.3 Å². The Bertz CT molecular complexity index is 1020. The highest BCUT2D eigenvalue weighted by atomic mass is 16.5. The molecule has 1 N–H and O–H groups in total. The Morgan fingerprint density at radius 3 is 2.35 bits per heavy atom. The SMILES string of the molecule is CCNN1C(=O)c2cccc3c(Oc4ccccc4C)ccc(c23)C1=O. The summed E-state index contributed by atoms with van der Waals surface area (Å²) in [4.78, 5) is 25.5. The zero-order valence-corrected chi connectivity index (χ0v) is 14.6. The largest absolute Gasteiger partial charge is 0.456 e. The maximum absolute atomic E-state index is 12.7. The van der Waals surface area contributed by atoms with Gasteiger partial charge in [0.1, 0.15) is 11.5 Å². The van der Waals surface area contributed by atoms with Gasteiger partial charge in [-0.15, -0.1) is 0 Å². The van der Waals surface area contributed by atoms with Gasteiger partial charge in [-0.2, -0.15) is 0 Å². The van der Waals surface area contributed by atoms with E-state index in [1.54, 1.807) is 18.2 Å². The van der Waals surface area contributed by atoms with Crippen LogP contribution < -0.4 is 10.2 Å².